The molecule has 0 fully saturated rings. The van der Waals surface area contributed by atoms with Gasteiger partial charge in [0.15, 0.2) is 11.2 Å². The lowest BCUT2D eigenvalue weighted by molar-refractivity contribution is -0.144. The molecule has 33 heavy (non-hydrogen) atoms. The molecule has 9 heteroatoms. The molecule has 0 aromatic carbocycles. The number of imidazole rings is 1. The Balaban J connectivity index is 1.56. The molecule has 9 nitrogen and oxygen atoms in total. The summed E-state index contributed by atoms with van der Waals surface area (Å²) in [5.41, 5.74) is 5.81. The summed E-state index contributed by atoms with van der Waals surface area (Å²) in [6, 6.07) is 0. The Labute approximate surface area is 196 Å². The molecule has 0 unspecified atom stereocenters. The number of unbranched alkanes of at least 4 members (excludes halogenated alkanes) is 10. The van der Waals surface area contributed by atoms with Crippen LogP contribution in [0.25, 0.3) is 11.2 Å². The highest BCUT2D eigenvalue weighted by Crippen LogP contribution is 2.14. The number of hydrogen-bond donors (Lipinski definition) is 3. The van der Waals surface area contributed by atoms with Crippen molar-refractivity contribution in [3.8, 4) is 0 Å². The fraction of sp³-hybridized carbons (Fsp3) is 0.750. The first kappa shape index (κ1) is 26.8. The quantitative estimate of drug-likeness (QED) is 0.225. The van der Waals surface area contributed by atoms with E-state index in [1.807, 2.05) is 0 Å². The summed E-state index contributed by atoms with van der Waals surface area (Å²) in [5.74, 6) is -0.317. The van der Waals surface area contributed by atoms with Crippen LogP contribution in [0.2, 0.25) is 0 Å². The highest BCUT2D eigenvalue weighted by molar-refractivity contribution is 5.70. The van der Waals surface area contributed by atoms with Crippen LogP contribution in [-0.4, -0.2) is 43.8 Å². The Morgan fingerprint density at radius 3 is 2.39 bits per heavy atom. The zero-order valence-corrected chi connectivity index (χ0v) is 20.1. The molecule has 0 aliphatic carbocycles. The van der Waals surface area contributed by atoms with Gasteiger partial charge in [-0.15, -0.1) is 0 Å². The number of aliphatic hydroxyl groups excluding tert-OH is 1. The van der Waals surface area contributed by atoms with Crippen LogP contribution in [0.1, 0.15) is 90.4 Å². The zero-order valence-electron chi connectivity index (χ0n) is 20.1. The summed E-state index contributed by atoms with van der Waals surface area (Å²) >= 11 is 0. The maximum Gasteiger partial charge on any atom is 0.305 e. The van der Waals surface area contributed by atoms with Crippen LogP contribution < -0.4 is 11.3 Å². The molecule has 2 aromatic rings. The van der Waals surface area contributed by atoms with Crippen molar-refractivity contribution in [2.24, 2.45) is 5.92 Å². The lowest BCUT2D eigenvalue weighted by atomic mass is 10.1. The van der Waals surface area contributed by atoms with E-state index in [1.54, 1.807) is 4.57 Å². The molecule has 0 radical (unpaired) electrons. The fourth-order valence-corrected chi connectivity index (χ4v) is 3.97. The van der Waals surface area contributed by atoms with Gasteiger partial charge in [-0.3, -0.25) is 14.6 Å². The summed E-state index contributed by atoms with van der Waals surface area (Å²) in [4.78, 5) is 34.5. The topological polar surface area (TPSA) is 136 Å². The number of esters is 1. The van der Waals surface area contributed by atoms with E-state index in [4.69, 9.17) is 10.5 Å². The molecular formula is C24H41N5O4. The van der Waals surface area contributed by atoms with Crippen molar-refractivity contribution in [3.05, 3.63) is 16.7 Å². The average molecular weight is 464 g/mol. The number of hydrogen-bond acceptors (Lipinski definition) is 7. The molecule has 2 rings (SSSR count). The third-order valence-electron chi connectivity index (χ3n) is 5.98. The maximum absolute atomic E-state index is 12.0. The minimum Gasteiger partial charge on any atom is -0.466 e. The first-order valence-electron chi connectivity index (χ1n) is 12.5. The van der Waals surface area contributed by atoms with Crippen molar-refractivity contribution in [3.63, 3.8) is 0 Å². The van der Waals surface area contributed by atoms with E-state index in [-0.39, 0.29) is 36.6 Å². The molecular weight excluding hydrogens is 422 g/mol. The first-order valence-corrected chi connectivity index (χ1v) is 12.5. The molecule has 0 saturated carbocycles. The van der Waals surface area contributed by atoms with Gasteiger partial charge in [-0.25, -0.2) is 4.98 Å². The van der Waals surface area contributed by atoms with Crippen molar-refractivity contribution in [1.29, 1.82) is 0 Å². The Hall–Kier alpha value is -2.42. The van der Waals surface area contributed by atoms with Crippen LogP contribution in [0.5, 0.6) is 0 Å². The number of aliphatic hydroxyl groups is 1. The molecule has 0 spiro atoms. The highest BCUT2D eigenvalue weighted by Gasteiger charge is 2.15. The molecule has 0 bridgehead atoms. The van der Waals surface area contributed by atoms with E-state index >= 15 is 0 Å². The number of H-pyrrole nitrogens is 1. The first-order chi connectivity index (χ1) is 16.0. The maximum atomic E-state index is 12.0. The van der Waals surface area contributed by atoms with Gasteiger partial charge in [0.1, 0.15) is 0 Å². The molecule has 0 saturated heterocycles. The van der Waals surface area contributed by atoms with Crippen LogP contribution in [0.15, 0.2) is 11.1 Å². The third kappa shape index (κ3) is 9.94. The third-order valence-corrected chi connectivity index (χ3v) is 5.98. The Morgan fingerprint density at radius 1 is 1.12 bits per heavy atom. The Kier molecular flexibility index (Phi) is 12.5. The summed E-state index contributed by atoms with van der Waals surface area (Å²) < 4.78 is 7.03. The van der Waals surface area contributed by atoms with Crippen molar-refractivity contribution >= 4 is 23.1 Å². The van der Waals surface area contributed by atoms with Crippen molar-refractivity contribution in [2.45, 2.75) is 96.9 Å². The van der Waals surface area contributed by atoms with Crippen molar-refractivity contribution in [2.75, 3.05) is 18.9 Å². The summed E-state index contributed by atoms with van der Waals surface area (Å²) in [6.07, 6.45) is 16.2. The van der Waals surface area contributed by atoms with Gasteiger partial charge < -0.3 is 20.1 Å². The van der Waals surface area contributed by atoms with E-state index in [1.165, 1.54) is 64.1 Å². The number of nitrogen functional groups attached to an aromatic ring is 1. The number of ether oxygens (including phenoxy) is 1. The van der Waals surface area contributed by atoms with Gasteiger partial charge in [-0.2, -0.15) is 4.98 Å². The zero-order chi connectivity index (χ0) is 23.9. The second kappa shape index (κ2) is 15.4. The molecule has 0 aliphatic heterocycles. The van der Waals surface area contributed by atoms with Crippen molar-refractivity contribution < 1.29 is 14.6 Å². The van der Waals surface area contributed by atoms with Crippen LogP contribution in [0, 0.1) is 5.92 Å². The summed E-state index contributed by atoms with van der Waals surface area (Å²) in [6.45, 7) is 2.82. The number of anilines is 1. The molecule has 1 atom stereocenters. The fourth-order valence-electron chi connectivity index (χ4n) is 3.97. The number of nitrogens with one attached hydrogen (secondary N) is 1. The van der Waals surface area contributed by atoms with Crippen LogP contribution in [0.4, 0.5) is 5.95 Å². The molecule has 2 heterocycles. The SMILES string of the molecule is CCCCCCCCCCCCCC(=O)OCC[C@@H](CO)Cn1cnc2c(=O)[nH]c(N)nc21. The van der Waals surface area contributed by atoms with E-state index in [0.717, 1.165) is 12.8 Å². The lowest BCUT2D eigenvalue weighted by Crippen LogP contribution is -2.19. The second-order valence-electron chi connectivity index (χ2n) is 8.86. The number of fused-ring (bicyclic) bond motifs is 1. The number of aromatic amines is 1. The number of rotatable bonds is 18. The minimum absolute atomic E-state index is 0.0196. The molecule has 186 valence electrons. The van der Waals surface area contributed by atoms with Gasteiger partial charge in [-0.1, -0.05) is 71.1 Å². The predicted octanol–water partition coefficient (Wildman–Crippen LogP) is 3.94. The molecule has 2 aromatic heterocycles. The monoisotopic (exact) mass is 463 g/mol. The van der Waals surface area contributed by atoms with E-state index in [9.17, 15) is 14.7 Å². The highest BCUT2D eigenvalue weighted by atomic mass is 16.5. The number of carbonyl (C=O) groups excluding carboxylic acids is 1. The van der Waals surface area contributed by atoms with E-state index < -0.39 is 5.56 Å². The largest absolute Gasteiger partial charge is 0.466 e. The van der Waals surface area contributed by atoms with Gasteiger partial charge in [0.2, 0.25) is 5.95 Å². The molecule has 0 amide bonds. The second-order valence-corrected chi connectivity index (χ2v) is 8.86. The number of aromatic nitrogens is 4. The smallest absolute Gasteiger partial charge is 0.305 e. The van der Waals surface area contributed by atoms with E-state index in [2.05, 4.69) is 21.9 Å². The normalized spacial score (nSPS) is 12.3. The van der Waals surface area contributed by atoms with Gasteiger partial charge in [-0.05, 0) is 12.8 Å². The van der Waals surface area contributed by atoms with E-state index in [0.29, 0.717) is 25.0 Å². The number of nitrogens with two attached hydrogens (primary N) is 1. The van der Waals surface area contributed by atoms with Gasteiger partial charge >= 0.3 is 5.97 Å². The van der Waals surface area contributed by atoms with Crippen LogP contribution in [-0.2, 0) is 16.1 Å². The van der Waals surface area contributed by atoms with Crippen molar-refractivity contribution in [1.82, 2.24) is 19.5 Å². The Bertz CT molecular complexity index is 879. The summed E-state index contributed by atoms with van der Waals surface area (Å²) in [5, 5.41) is 9.70. The van der Waals surface area contributed by atoms with Crippen LogP contribution >= 0.6 is 0 Å². The molecule has 0 aliphatic rings. The summed E-state index contributed by atoms with van der Waals surface area (Å²) in [7, 11) is 0. The number of nitrogens with zero attached hydrogens (tertiary/aromatic N) is 3. The number of carbonyl (C=O) groups is 1. The van der Waals surface area contributed by atoms with Gasteiger partial charge in [0, 0.05) is 25.5 Å². The van der Waals surface area contributed by atoms with Gasteiger partial charge in [0.05, 0.1) is 12.9 Å². The van der Waals surface area contributed by atoms with Crippen LogP contribution in [0.3, 0.4) is 0 Å². The standard InChI is InChI=1S/C24H41N5O4/c1-2-3-4-5-6-7-8-9-10-11-12-13-20(31)33-15-14-19(17-30)16-29-18-26-21-22(29)27-24(25)28-23(21)32/h18-19,30H,2-17H2,1H3,(H3,25,27,28,32)/t19-/m1/s1. The van der Waals surface area contributed by atoms with Gasteiger partial charge in [0.25, 0.3) is 5.56 Å². The molecule has 4 N–H and O–H groups in total. The average Bonchev–Trinajstić information content (AvgIpc) is 3.19. The Morgan fingerprint density at radius 2 is 1.76 bits per heavy atom. The minimum atomic E-state index is -0.395. The lowest BCUT2D eigenvalue weighted by Gasteiger charge is -2.15. The predicted molar refractivity (Wildman–Crippen MR) is 130 cm³/mol.